The highest BCUT2D eigenvalue weighted by Gasteiger charge is 2.20. The normalized spacial score (nSPS) is 12.0. The second-order valence-electron chi connectivity index (χ2n) is 7.74. The lowest BCUT2D eigenvalue weighted by Gasteiger charge is -2.15. The summed E-state index contributed by atoms with van der Waals surface area (Å²) in [4.78, 5) is 21.3. The molecular weight excluding hydrogens is 432 g/mol. The zero-order chi connectivity index (χ0) is 23.9. The van der Waals surface area contributed by atoms with Crippen molar-refractivity contribution in [2.45, 2.75) is 39.9 Å². The lowest BCUT2D eigenvalue weighted by atomic mass is 10.1. The van der Waals surface area contributed by atoms with Crippen LogP contribution in [0.25, 0.3) is 22.5 Å². The van der Waals surface area contributed by atoms with Gasteiger partial charge >= 0.3 is 5.97 Å². The molecule has 176 valence electrons. The lowest BCUT2D eigenvalue weighted by molar-refractivity contribution is -0.156. The summed E-state index contributed by atoms with van der Waals surface area (Å²) in [6, 6.07) is 19.4. The number of esters is 1. The number of carbonyl (C=O) groups excluding carboxylic acids is 1. The van der Waals surface area contributed by atoms with Crippen LogP contribution in [0.15, 0.2) is 65.1 Å². The molecule has 7 heteroatoms. The molecular formula is C27H28N2O5. The summed E-state index contributed by atoms with van der Waals surface area (Å²) in [6.45, 7) is 6.55. The molecule has 1 atom stereocenters. The number of para-hydroxylation sites is 1. The zero-order valence-corrected chi connectivity index (χ0v) is 19.6. The summed E-state index contributed by atoms with van der Waals surface area (Å²) in [5.74, 6) is 1.51. The third kappa shape index (κ3) is 5.61. The first-order chi connectivity index (χ1) is 16.6. The van der Waals surface area contributed by atoms with E-state index in [0.29, 0.717) is 48.4 Å². The predicted molar refractivity (Wildman–Crippen MR) is 129 cm³/mol. The maximum absolute atomic E-state index is 12.1. The van der Waals surface area contributed by atoms with E-state index in [-0.39, 0.29) is 12.6 Å². The lowest BCUT2D eigenvalue weighted by Crippen LogP contribution is -2.28. The number of hydrogen-bond acceptors (Lipinski definition) is 7. The number of pyridine rings is 1. The summed E-state index contributed by atoms with van der Waals surface area (Å²) in [5, 5.41) is 1.07. The second-order valence-corrected chi connectivity index (χ2v) is 7.74. The first kappa shape index (κ1) is 23.4. The number of hydrogen-bond donors (Lipinski definition) is 0. The highest BCUT2D eigenvalue weighted by Crippen LogP contribution is 2.24. The molecule has 0 fully saturated rings. The van der Waals surface area contributed by atoms with Crippen molar-refractivity contribution in [1.82, 2.24) is 9.97 Å². The molecule has 0 aliphatic heterocycles. The number of rotatable bonds is 10. The first-order valence-corrected chi connectivity index (χ1v) is 11.4. The van der Waals surface area contributed by atoms with Gasteiger partial charge in [-0.1, -0.05) is 36.4 Å². The first-order valence-electron chi connectivity index (χ1n) is 11.4. The molecule has 2 aromatic carbocycles. The van der Waals surface area contributed by atoms with Gasteiger partial charge in [-0.25, -0.2) is 14.8 Å². The van der Waals surface area contributed by atoms with Crippen molar-refractivity contribution in [3.05, 3.63) is 77.7 Å². The van der Waals surface area contributed by atoms with Crippen LogP contribution in [0.4, 0.5) is 0 Å². The van der Waals surface area contributed by atoms with Crippen LogP contribution >= 0.6 is 0 Å². The van der Waals surface area contributed by atoms with Crippen molar-refractivity contribution < 1.29 is 23.4 Å². The van der Waals surface area contributed by atoms with Gasteiger partial charge in [-0.05, 0) is 50.6 Å². The molecule has 0 saturated heterocycles. The van der Waals surface area contributed by atoms with Crippen LogP contribution in [0.5, 0.6) is 5.75 Å². The molecule has 0 aliphatic carbocycles. The molecule has 0 N–H and O–H groups in total. The fourth-order valence-electron chi connectivity index (χ4n) is 3.59. The molecule has 7 nitrogen and oxygen atoms in total. The fraction of sp³-hybridized carbons (Fsp3) is 0.296. The largest absolute Gasteiger partial charge is 0.487 e. The van der Waals surface area contributed by atoms with E-state index in [4.69, 9.17) is 18.6 Å². The minimum atomic E-state index is -0.614. The number of nitrogens with zero attached hydrogens (tertiary/aromatic N) is 2. The fourth-order valence-corrected chi connectivity index (χ4v) is 3.59. The number of ether oxygens (including phenoxy) is 3. The number of carbonyl (C=O) groups is 1. The standard InChI is InChI=1S/C27H28N2O5/c1-4-31-25(27(30)32-5-2)16-19-10-13-21(14-11-19)33-17-24-18(3)34-26(29-24)23-15-12-20-8-6-7-9-22(20)28-23/h6-15,25H,4-5,16-17H2,1-3H3/t25-/m0/s1. The smallest absolute Gasteiger partial charge is 0.335 e. The van der Waals surface area contributed by atoms with Gasteiger partial charge in [-0.15, -0.1) is 0 Å². The van der Waals surface area contributed by atoms with Gasteiger partial charge in [0.25, 0.3) is 0 Å². The van der Waals surface area contributed by atoms with Crippen LogP contribution in [0.1, 0.15) is 30.9 Å². The van der Waals surface area contributed by atoms with Crippen molar-refractivity contribution >= 4 is 16.9 Å². The molecule has 0 amide bonds. The van der Waals surface area contributed by atoms with E-state index in [2.05, 4.69) is 9.97 Å². The topological polar surface area (TPSA) is 83.7 Å². The van der Waals surface area contributed by atoms with Gasteiger partial charge in [-0.2, -0.15) is 0 Å². The summed E-state index contributed by atoms with van der Waals surface area (Å²) in [7, 11) is 0. The molecule has 0 saturated carbocycles. The van der Waals surface area contributed by atoms with E-state index in [1.54, 1.807) is 6.92 Å². The highest BCUT2D eigenvalue weighted by molar-refractivity contribution is 5.80. The Balaban J connectivity index is 1.39. The molecule has 0 unspecified atom stereocenters. The minimum absolute atomic E-state index is 0.270. The molecule has 34 heavy (non-hydrogen) atoms. The van der Waals surface area contributed by atoms with Crippen molar-refractivity contribution in [2.24, 2.45) is 0 Å². The zero-order valence-electron chi connectivity index (χ0n) is 19.6. The van der Waals surface area contributed by atoms with Crippen LogP contribution in [0.2, 0.25) is 0 Å². The van der Waals surface area contributed by atoms with Crippen LogP contribution in [0.3, 0.4) is 0 Å². The van der Waals surface area contributed by atoms with Gasteiger partial charge < -0.3 is 18.6 Å². The highest BCUT2D eigenvalue weighted by atomic mass is 16.6. The number of oxazole rings is 1. The van der Waals surface area contributed by atoms with Crippen LogP contribution in [0, 0.1) is 6.92 Å². The monoisotopic (exact) mass is 460 g/mol. The van der Waals surface area contributed by atoms with E-state index in [0.717, 1.165) is 16.5 Å². The van der Waals surface area contributed by atoms with Crippen LogP contribution in [-0.2, 0) is 27.3 Å². The van der Waals surface area contributed by atoms with Gasteiger partial charge in [0.1, 0.15) is 29.5 Å². The Bertz CT molecular complexity index is 1250. The van der Waals surface area contributed by atoms with Gasteiger partial charge in [0, 0.05) is 18.4 Å². The van der Waals surface area contributed by atoms with E-state index >= 15 is 0 Å². The summed E-state index contributed by atoms with van der Waals surface area (Å²) >= 11 is 0. The van der Waals surface area contributed by atoms with Gasteiger partial charge in [0.2, 0.25) is 5.89 Å². The van der Waals surface area contributed by atoms with Crippen molar-refractivity contribution in [2.75, 3.05) is 13.2 Å². The van der Waals surface area contributed by atoms with Gasteiger partial charge in [0.15, 0.2) is 6.10 Å². The average molecular weight is 461 g/mol. The van der Waals surface area contributed by atoms with Crippen molar-refractivity contribution in [3.63, 3.8) is 0 Å². The van der Waals surface area contributed by atoms with E-state index in [1.807, 2.05) is 74.5 Å². The Labute approximate surface area is 198 Å². The Morgan fingerprint density at radius 1 is 0.971 bits per heavy atom. The van der Waals surface area contributed by atoms with Crippen LogP contribution < -0.4 is 4.74 Å². The average Bonchev–Trinajstić information content (AvgIpc) is 3.23. The number of fused-ring (bicyclic) bond motifs is 1. The number of benzene rings is 2. The molecule has 0 spiro atoms. The molecule has 4 aromatic rings. The third-order valence-corrected chi connectivity index (χ3v) is 5.35. The summed E-state index contributed by atoms with van der Waals surface area (Å²) < 4.78 is 22.4. The second kappa shape index (κ2) is 10.9. The maximum atomic E-state index is 12.1. The number of aromatic nitrogens is 2. The SMILES string of the molecule is CCOC(=O)[C@H](Cc1ccc(OCc2nc(-c3ccc4ccccc4n3)oc2C)cc1)OCC. The Morgan fingerprint density at radius 2 is 1.76 bits per heavy atom. The van der Waals surface area contributed by atoms with Crippen LogP contribution in [-0.4, -0.2) is 35.3 Å². The summed E-state index contributed by atoms with van der Waals surface area (Å²) in [5.41, 5.74) is 3.25. The van der Waals surface area contributed by atoms with E-state index < -0.39 is 6.10 Å². The molecule has 2 heterocycles. The Kier molecular flexibility index (Phi) is 7.54. The minimum Gasteiger partial charge on any atom is -0.487 e. The predicted octanol–water partition coefficient (Wildman–Crippen LogP) is 5.29. The molecule has 4 rings (SSSR count). The Morgan fingerprint density at radius 3 is 2.53 bits per heavy atom. The van der Waals surface area contributed by atoms with Crippen molar-refractivity contribution in [3.8, 4) is 17.3 Å². The Hall–Kier alpha value is -3.71. The molecule has 0 aliphatic rings. The molecule has 0 radical (unpaired) electrons. The number of aryl methyl sites for hydroxylation is 1. The molecule has 2 aromatic heterocycles. The summed E-state index contributed by atoms with van der Waals surface area (Å²) in [6.07, 6.45) is -0.172. The van der Waals surface area contributed by atoms with Gasteiger partial charge in [0.05, 0.1) is 12.1 Å². The van der Waals surface area contributed by atoms with Gasteiger partial charge in [-0.3, -0.25) is 0 Å². The van der Waals surface area contributed by atoms with E-state index in [1.165, 1.54) is 0 Å². The van der Waals surface area contributed by atoms with Crippen molar-refractivity contribution in [1.29, 1.82) is 0 Å². The van der Waals surface area contributed by atoms with E-state index in [9.17, 15) is 4.79 Å². The quantitative estimate of drug-likeness (QED) is 0.297. The maximum Gasteiger partial charge on any atom is 0.335 e. The third-order valence-electron chi connectivity index (χ3n) is 5.35. The molecule has 0 bridgehead atoms.